The third kappa shape index (κ3) is 7.66. The molecule has 0 unspecified atom stereocenters. The number of hydrogen-bond donors (Lipinski definition) is 0. The van der Waals surface area contributed by atoms with Gasteiger partial charge in [0.1, 0.15) is 0 Å². The third-order valence-corrected chi connectivity index (χ3v) is 2.16. The molecule has 0 saturated carbocycles. The Labute approximate surface area is 71.6 Å². The molecule has 2 heteroatoms. The van der Waals surface area contributed by atoms with Gasteiger partial charge in [0.2, 0.25) is 8.32 Å². The molecule has 0 aliphatic rings. The van der Waals surface area contributed by atoms with Crippen molar-refractivity contribution in [2.75, 3.05) is 0 Å². The van der Waals surface area contributed by atoms with E-state index >= 15 is 0 Å². The van der Waals surface area contributed by atoms with E-state index in [4.69, 9.17) is 4.43 Å². The molecule has 1 nitrogen and oxygen atoms in total. The molecule has 0 aromatic carbocycles. The van der Waals surface area contributed by atoms with Gasteiger partial charge in [-0.1, -0.05) is 19.9 Å². The van der Waals surface area contributed by atoms with Crippen LogP contribution in [0.2, 0.25) is 19.6 Å². The van der Waals surface area contributed by atoms with Gasteiger partial charge < -0.3 is 4.43 Å². The van der Waals surface area contributed by atoms with Crippen molar-refractivity contribution in [1.82, 2.24) is 0 Å². The number of allylic oxidation sites excluding steroid dienone is 1. The van der Waals surface area contributed by atoms with Crippen molar-refractivity contribution in [3.8, 4) is 0 Å². The molecule has 0 atom stereocenters. The smallest absolute Gasteiger partial charge is 0.241 e. The zero-order valence-corrected chi connectivity index (χ0v) is 9.24. The maximum atomic E-state index is 5.68. The molecule has 0 aromatic heterocycles. The van der Waals surface area contributed by atoms with Gasteiger partial charge in [0.15, 0.2) is 0 Å². The molecule has 0 rings (SSSR count). The first-order valence-electron chi connectivity index (χ1n) is 4.32. The summed E-state index contributed by atoms with van der Waals surface area (Å²) in [5.74, 6) is 0.978. The SMILES string of the molecule is C=C(CCCC)O[Si](C)(C)C. The Morgan fingerprint density at radius 3 is 2.27 bits per heavy atom. The van der Waals surface area contributed by atoms with Crippen LogP contribution in [0.5, 0.6) is 0 Å². The third-order valence-electron chi connectivity index (χ3n) is 1.26. The molecule has 0 N–H and O–H groups in total. The Balaban J connectivity index is 3.53. The fourth-order valence-electron chi connectivity index (χ4n) is 0.858. The van der Waals surface area contributed by atoms with Gasteiger partial charge in [-0.2, -0.15) is 0 Å². The van der Waals surface area contributed by atoms with Gasteiger partial charge in [-0.25, -0.2) is 0 Å². The molecule has 0 saturated heterocycles. The molecule has 66 valence electrons. The van der Waals surface area contributed by atoms with Gasteiger partial charge in [0.05, 0.1) is 5.76 Å². The molecule has 0 radical (unpaired) electrons. The van der Waals surface area contributed by atoms with Crippen LogP contribution in [-0.2, 0) is 4.43 Å². The van der Waals surface area contributed by atoms with E-state index in [-0.39, 0.29) is 0 Å². The average molecular weight is 172 g/mol. The largest absolute Gasteiger partial charge is 0.548 e. The summed E-state index contributed by atoms with van der Waals surface area (Å²) >= 11 is 0. The lowest BCUT2D eigenvalue weighted by atomic mass is 10.2. The average Bonchev–Trinajstić information content (AvgIpc) is 1.79. The second-order valence-electron chi connectivity index (χ2n) is 3.86. The van der Waals surface area contributed by atoms with E-state index in [9.17, 15) is 0 Å². The summed E-state index contributed by atoms with van der Waals surface area (Å²) in [6.45, 7) is 12.6. The highest BCUT2D eigenvalue weighted by Gasteiger charge is 2.15. The Morgan fingerprint density at radius 2 is 1.91 bits per heavy atom. The van der Waals surface area contributed by atoms with E-state index < -0.39 is 8.32 Å². The predicted octanol–water partition coefficient (Wildman–Crippen LogP) is 3.54. The van der Waals surface area contributed by atoms with Gasteiger partial charge in [0.25, 0.3) is 0 Å². The molecule has 0 aromatic rings. The molecular weight excluding hydrogens is 152 g/mol. The molecule has 0 spiro atoms. The van der Waals surface area contributed by atoms with E-state index in [2.05, 4.69) is 33.1 Å². The minimum atomic E-state index is -1.37. The summed E-state index contributed by atoms with van der Waals surface area (Å²) in [5, 5.41) is 0. The normalized spacial score (nSPS) is 11.3. The fraction of sp³-hybridized carbons (Fsp3) is 0.778. The van der Waals surface area contributed by atoms with Crippen molar-refractivity contribution >= 4 is 8.32 Å². The van der Waals surface area contributed by atoms with Crippen molar-refractivity contribution in [1.29, 1.82) is 0 Å². The van der Waals surface area contributed by atoms with Crippen molar-refractivity contribution in [2.24, 2.45) is 0 Å². The Hall–Kier alpha value is -0.243. The maximum Gasteiger partial charge on any atom is 0.241 e. The highest BCUT2D eigenvalue weighted by molar-refractivity contribution is 6.70. The van der Waals surface area contributed by atoms with E-state index in [0.29, 0.717) is 0 Å². The van der Waals surface area contributed by atoms with Crippen LogP contribution in [0.1, 0.15) is 26.2 Å². The summed E-state index contributed by atoms with van der Waals surface area (Å²) in [6, 6.07) is 0. The standard InChI is InChI=1S/C9H20OSi/c1-6-7-8-9(2)10-11(3,4)5/h2,6-8H2,1,3-5H3. The van der Waals surface area contributed by atoms with Crippen LogP contribution in [0.25, 0.3) is 0 Å². The molecule has 0 bridgehead atoms. The molecule has 0 amide bonds. The lowest BCUT2D eigenvalue weighted by Crippen LogP contribution is -2.24. The first-order chi connectivity index (χ1) is 4.95. The Bertz CT molecular complexity index is 124. The quantitative estimate of drug-likeness (QED) is 0.455. The fourth-order valence-corrected chi connectivity index (χ4v) is 1.83. The molecule has 0 heterocycles. The highest BCUT2D eigenvalue weighted by Crippen LogP contribution is 2.13. The minimum absolute atomic E-state index is 0.978. The van der Waals surface area contributed by atoms with E-state index in [0.717, 1.165) is 12.2 Å². The van der Waals surface area contributed by atoms with E-state index in [1.165, 1.54) is 12.8 Å². The molecular formula is C9H20OSi. The molecule has 0 aliphatic heterocycles. The van der Waals surface area contributed by atoms with Crippen molar-refractivity contribution in [2.45, 2.75) is 45.8 Å². The van der Waals surface area contributed by atoms with E-state index in [1.807, 2.05) is 0 Å². The van der Waals surface area contributed by atoms with Gasteiger partial charge in [-0.15, -0.1) is 0 Å². The van der Waals surface area contributed by atoms with Crippen LogP contribution in [0.3, 0.4) is 0 Å². The zero-order chi connectivity index (χ0) is 8.91. The maximum absolute atomic E-state index is 5.68. The lowest BCUT2D eigenvalue weighted by molar-refractivity contribution is 0.397. The number of rotatable bonds is 5. The van der Waals surface area contributed by atoms with E-state index in [1.54, 1.807) is 0 Å². The van der Waals surface area contributed by atoms with Crippen molar-refractivity contribution in [3.05, 3.63) is 12.3 Å². The second kappa shape index (κ2) is 4.60. The Kier molecular flexibility index (Phi) is 4.50. The highest BCUT2D eigenvalue weighted by atomic mass is 28.4. The molecule has 0 aliphatic carbocycles. The van der Waals surface area contributed by atoms with Crippen LogP contribution < -0.4 is 0 Å². The molecule has 0 fully saturated rings. The second-order valence-corrected chi connectivity index (χ2v) is 8.29. The van der Waals surface area contributed by atoms with Gasteiger partial charge in [-0.3, -0.25) is 0 Å². The zero-order valence-electron chi connectivity index (χ0n) is 8.24. The number of hydrogen-bond acceptors (Lipinski definition) is 1. The predicted molar refractivity (Wildman–Crippen MR) is 53.1 cm³/mol. The first-order valence-corrected chi connectivity index (χ1v) is 7.73. The first kappa shape index (κ1) is 10.8. The van der Waals surface area contributed by atoms with Crippen LogP contribution in [0.15, 0.2) is 12.3 Å². The topological polar surface area (TPSA) is 9.23 Å². The lowest BCUT2D eigenvalue weighted by Gasteiger charge is -2.20. The van der Waals surface area contributed by atoms with Crippen LogP contribution in [0.4, 0.5) is 0 Å². The summed E-state index contributed by atoms with van der Waals surface area (Å²) in [5.41, 5.74) is 0. The Morgan fingerprint density at radius 1 is 1.36 bits per heavy atom. The van der Waals surface area contributed by atoms with Crippen molar-refractivity contribution in [3.63, 3.8) is 0 Å². The van der Waals surface area contributed by atoms with Gasteiger partial charge in [0, 0.05) is 6.42 Å². The minimum Gasteiger partial charge on any atom is -0.548 e. The summed E-state index contributed by atoms with van der Waals surface area (Å²) in [4.78, 5) is 0. The van der Waals surface area contributed by atoms with Crippen molar-refractivity contribution < 1.29 is 4.43 Å². The summed E-state index contributed by atoms with van der Waals surface area (Å²) in [7, 11) is -1.37. The monoisotopic (exact) mass is 172 g/mol. The van der Waals surface area contributed by atoms with Crippen LogP contribution in [-0.4, -0.2) is 8.32 Å². The number of unbranched alkanes of at least 4 members (excludes halogenated alkanes) is 1. The summed E-state index contributed by atoms with van der Waals surface area (Å²) in [6.07, 6.45) is 3.44. The van der Waals surface area contributed by atoms with Gasteiger partial charge >= 0.3 is 0 Å². The van der Waals surface area contributed by atoms with Gasteiger partial charge in [-0.05, 0) is 26.1 Å². The summed E-state index contributed by atoms with van der Waals surface area (Å²) < 4.78 is 5.68. The van der Waals surface area contributed by atoms with Crippen LogP contribution in [0, 0.1) is 0 Å². The molecule has 11 heavy (non-hydrogen) atoms. The van der Waals surface area contributed by atoms with Crippen LogP contribution >= 0.6 is 0 Å².